The molecule has 0 aromatic carbocycles. The maximum Gasteiger partial charge on any atom is 0.312 e. The Hall–Kier alpha value is -1.39. The molecular formula is C31H48O5. The normalized spacial score (nSPS) is 49.3. The van der Waals surface area contributed by atoms with E-state index in [0.717, 1.165) is 51.4 Å². The molecule has 0 aromatic heterocycles. The molecule has 0 N–H and O–H groups in total. The first kappa shape index (κ1) is 26.2. The van der Waals surface area contributed by atoms with Gasteiger partial charge in [-0.25, -0.2) is 0 Å². The standard InChI is InChI=1S/C31H48O5/c1-26(2)13-15-31(25(34)35-8)16-14-30(7)24(19(31)18-26)20(32)17-22-28(5)11-10-23(33)36-27(3,4)21(28)9-12-29(22,30)6/h19,21-22,24H,9-18H2,1-8H3/t19-,21-,22+,24?,28-,29+,30+,31-/m0/s1. The first-order valence-electron chi connectivity index (χ1n) is 14.4. The summed E-state index contributed by atoms with van der Waals surface area (Å²) in [6.45, 7) is 15.9. The Morgan fingerprint density at radius 1 is 0.861 bits per heavy atom. The van der Waals surface area contributed by atoms with E-state index in [0.29, 0.717) is 18.6 Å². The van der Waals surface area contributed by atoms with E-state index in [1.54, 1.807) is 0 Å². The van der Waals surface area contributed by atoms with Crippen molar-refractivity contribution >= 4 is 17.7 Å². The lowest BCUT2D eigenvalue weighted by Gasteiger charge is -2.71. The predicted molar refractivity (Wildman–Crippen MR) is 138 cm³/mol. The monoisotopic (exact) mass is 500 g/mol. The van der Waals surface area contributed by atoms with Crippen LogP contribution in [0.4, 0.5) is 0 Å². The summed E-state index contributed by atoms with van der Waals surface area (Å²) in [6, 6.07) is 0. The zero-order valence-corrected chi connectivity index (χ0v) is 23.9. The molecule has 0 radical (unpaired) electrons. The second-order valence-electron chi connectivity index (χ2n) is 15.3. The lowest BCUT2D eigenvalue weighted by molar-refractivity contribution is -0.236. The molecule has 1 saturated heterocycles. The van der Waals surface area contributed by atoms with Gasteiger partial charge >= 0.3 is 11.9 Å². The van der Waals surface area contributed by atoms with Crippen molar-refractivity contribution in [2.75, 3.05) is 7.11 Å². The van der Waals surface area contributed by atoms with E-state index in [1.807, 2.05) is 0 Å². The van der Waals surface area contributed by atoms with Gasteiger partial charge < -0.3 is 9.47 Å². The molecule has 0 spiro atoms. The van der Waals surface area contributed by atoms with Crippen molar-refractivity contribution in [3.05, 3.63) is 0 Å². The van der Waals surface area contributed by atoms with Crippen LogP contribution in [0.3, 0.4) is 0 Å². The molecule has 0 amide bonds. The molecule has 5 rings (SSSR count). The second-order valence-corrected chi connectivity index (χ2v) is 15.3. The number of esters is 2. The third-order valence-electron chi connectivity index (χ3n) is 13.0. The number of methoxy groups -OCH3 is 1. The van der Waals surface area contributed by atoms with Crippen molar-refractivity contribution in [2.24, 2.45) is 50.7 Å². The summed E-state index contributed by atoms with van der Waals surface area (Å²) in [5.74, 6) is 0.548. The van der Waals surface area contributed by atoms with Crippen LogP contribution in [0.15, 0.2) is 0 Å². The van der Waals surface area contributed by atoms with Gasteiger partial charge in [-0.1, -0.05) is 34.6 Å². The molecule has 4 aliphatic carbocycles. The van der Waals surface area contributed by atoms with Crippen LogP contribution in [-0.4, -0.2) is 30.4 Å². The summed E-state index contributed by atoms with van der Waals surface area (Å²) in [7, 11) is 1.51. The number of hydrogen-bond acceptors (Lipinski definition) is 5. The van der Waals surface area contributed by atoms with Crippen LogP contribution in [0.2, 0.25) is 0 Å². The summed E-state index contributed by atoms with van der Waals surface area (Å²) in [5, 5.41) is 0. The fraction of sp³-hybridized carbons (Fsp3) is 0.903. The van der Waals surface area contributed by atoms with Gasteiger partial charge in [0.2, 0.25) is 0 Å². The highest BCUT2D eigenvalue weighted by Crippen LogP contribution is 2.75. The maximum atomic E-state index is 14.4. The van der Waals surface area contributed by atoms with E-state index in [1.165, 1.54) is 7.11 Å². The predicted octanol–water partition coefficient (Wildman–Crippen LogP) is 6.52. The van der Waals surface area contributed by atoms with E-state index in [-0.39, 0.29) is 57.3 Å². The molecule has 5 fully saturated rings. The first-order chi connectivity index (χ1) is 16.6. The van der Waals surface area contributed by atoms with E-state index in [4.69, 9.17) is 9.47 Å². The fourth-order valence-corrected chi connectivity index (χ4v) is 10.9. The van der Waals surface area contributed by atoms with Crippen molar-refractivity contribution in [1.82, 2.24) is 0 Å². The van der Waals surface area contributed by atoms with Crippen LogP contribution in [0.25, 0.3) is 0 Å². The quantitative estimate of drug-likeness (QED) is 0.384. The van der Waals surface area contributed by atoms with E-state index in [2.05, 4.69) is 48.5 Å². The van der Waals surface area contributed by atoms with Crippen molar-refractivity contribution in [3.63, 3.8) is 0 Å². The highest BCUT2D eigenvalue weighted by molar-refractivity contribution is 5.87. The Balaban J connectivity index is 1.60. The molecular weight excluding hydrogens is 452 g/mol. The Morgan fingerprint density at radius 3 is 2.19 bits per heavy atom. The van der Waals surface area contributed by atoms with E-state index >= 15 is 0 Å². The Morgan fingerprint density at radius 2 is 1.53 bits per heavy atom. The number of carbonyl (C=O) groups is 3. The maximum absolute atomic E-state index is 14.4. The van der Waals surface area contributed by atoms with E-state index < -0.39 is 11.0 Å². The number of carbonyl (C=O) groups excluding carboxylic acids is 3. The second kappa shape index (κ2) is 7.82. The topological polar surface area (TPSA) is 69.7 Å². The first-order valence-corrected chi connectivity index (χ1v) is 14.4. The summed E-state index contributed by atoms with van der Waals surface area (Å²) in [6.07, 6.45) is 8.27. The minimum absolute atomic E-state index is 0.0236. The third-order valence-corrected chi connectivity index (χ3v) is 13.0. The van der Waals surface area contributed by atoms with Crippen molar-refractivity contribution in [1.29, 1.82) is 0 Å². The van der Waals surface area contributed by atoms with Crippen LogP contribution < -0.4 is 0 Å². The lowest BCUT2D eigenvalue weighted by atomic mass is 9.32. The van der Waals surface area contributed by atoms with Gasteiger partial charge in [0, 0.05) is 24.7 Å². The molecule has 1 heterocycles. The Bertz CT molecular complexity index is 981. The molecule has 5 nitrogen and oxygen atoms in total. The summed E-state index contributed by atoms with van der Waals surface area (Å²) in [4.78, 5) is 40.4. The molecule has 202 valence electrons. The lowest BCUT2D eigenvalue weighted by Crippen LogP contribution is -2.69. The number of Topliss-reactive ketones (excluding diaryl/α,β-unsaturated/α-hetero) is 1. The Kier molecular flexibility index (Phi) is 5.70. The van der Waals surface area contributed by atoms with Crippen LogP contribution in [0, 0.1) is 50.7 Å². The molecule has 0 aromatic rings. The number of hydrogen-bond donors (Lipinski definition) is 0. The van der Waals surface area contributed by atoms with Gasteiger partial charge in [-0.15, -0.1) is 0 Å². The minimum Gasteiger partial charge on any atom is -0.469 e. The third kappa shape index (κ3) is 3.28. The van der Waals surface area contributed by atoms with Gasteiger partial charge in [0.15, 0.2) is 0 Å². The molecule has 36 heavy (non-hydrogen) atoms. The summed E-state index contributed by atoms with van der Waals surface area (Å²) >= 11 is 0. The number of fused-ring (bicyclic) bond motifs is 7. The average molecular weight is 501 g/mol. The zero-order chi connectivity index (χ0) is 26.5. The molecule has 8 atom stereocenters. The SMILES string of the molecule is COC(=O)[C@]12CCC(C)(C)C[C@H]1C1C(=O)C[C@@H]3[C@@]4(C)CCC(=O)OC(C)(C)[C@@H]4CC[C@@]3(C)[C@]1(C)CC2. The fourth-order valence-electron chi connectivity index (χ4n) is 10.9. The highest BCUT2D eigenvalue weighted by Gasteiger charge is 2.72. The van der Waals surface area contributed by atoms with Gasteiger partial charge in [0.25, 0.3) is 0 Å². The Labute approximate surface area is 217 Å². The van der Waals surface area contributed by atoms with Gasteiger partial charge in [-0.3, -0.25) is 14.4 Å². The molecule has 0 bridgehead atoms. The molecule has 4 saturated carbocycles. The van der Waals surface area contributed by atoms with Crippen LogP contribution in [0.5, 0.6) is 0 Å². The van der Waals surface area contributed by atoms with Crippen LogP contribution >= 0.6 is 0 Å². The van der Waals surface area contributed by atoms with Gasteiger partial charge in [-0.05, 0) is 98.7 Å². The molecule has 1 unspecified atom stereocenters. The summed E-state index contributed by atoms with van der Waals surface area (Å²) < 4.78 is 11.4. The number of cyclic esters (lactones) is 1. The number of ketones is 1. The van der Waals surface area contributed by atoms with Gasteiger partial charge in [0.05, 0.1) is 12.5 Å². The average Bonchev–Trinajstić information content (AvgIpc) is 2.87. The van der Waals surface area contributed by atoms with Gasteiger partial charge in [-0.2, -0.15) is 0 Å². The van der Waals surface area contributed by atoms with Crippen molar-refractivity contribution in [2.45, 2.75) is 118 Å². The zero-order valence-electron chi connectivity index (χ0n) is 23.9. The number of rotatable bonds is 1. The van der Waals surface area contributed by atoms with E-state index in [9.17, 15) is 14.4 Å². The molecule has 5 heteroatoms. The minimum atomic E-state index is -0.529. The smallest absolute Gasteiger partial charge is 0.312 e. The van der Waals surface area contributed by atoms with Gasteiger partial charge in [0.1, 0.15) is 11.4 Å². The number of ether oxygens (including phenoxy) is 2. The largest absolute Gasteiger partial charge is 0.469 e. The molecule has 1 aliphatic heterocycles. The molecule has 5 aliphatic rings. The summed E-state index contributed by atoms with van der Waals surface area (Å²) in [5.41, 5.74) is -1.26. The van der Waals surface area contributed by atoms with Crippen molar-refractivity contribution in [3.8, 4) is 0 Å². The van der Waals surface area contributed by atoms with Crippen LogP contribution in [-0.2, 0) is 23.9 Å². The van der Waals surface area contributed by atoms with Crippen LogP contribution in [0.1, 0.15) is 113 Å². The highest BCUT2D eigenvalue weighted by atomic mass is 16.6. The van der Waals surface area contributed by atoms with Crippen molar-refractivity contribution < 1.29 is 23.9 Å².